The molecule has 0 amide bonds. The summed E-state index contributed by atoms with van der Waals surface area (Å²) in [6, 6.07) is 16.1. The lowest BCUT2D eigenvalue weighted by atomic mass is 10.0. The molecule has 0 saturated carbocycles. The molecule has 14 heavy (non-hydrogen) atoms. The number of hydrogen-bond donors (Lipinski definition) is 0. The lowest BCUT2D eigenvalue weighted by molar-refractivity contribution is 1.45. The lowest BCUT2D eigenvalue weighted by Crippen LogP contribution is -1.78. The predicted octanol–water partition coefficient (Wildman–Crippen LogP) is 3.97. The van der Waals surface area contributed by atoms with Crippen molar-refractivity contribution >= 4 is 0 Å². The van der Waals surface area contributed by atoms with E-state index >= 15 is 0 Å². The van der Waals surface area contributed by atoms with E-state index in [4.69, 9.17) is 2.74 Å². The summed E-state index contributed by atoms with van der Waals surface area (Å²) in [6.07, 6.45) is 0. The smallest absolute Gasteiger partial charge is 0.0280 e. The Labute approximate surface area is 88.0 Å². The molecule has 0 radical (unpaired) electrons. The van der Waals surface area contributed by atoms with Crippen molar-refractivity contribution < 1.29 is 2.74 Å². The average molecular weight is 184 g/mol. The fourth-order valence-corrected chi connectivity index (χ4v) is 1.39. The molecule has 0 heterocycles. The van der Waals surface area contributed by atoms with Crippen molar-refractivity contribution in [3.63, 3.8) is 0 Å². The first-order valence-electron chi connectivity index (χ1n) is 6.01. The zero-order chi connectivity index (χ0) is 11.4. The Bertz CT molecular complexity index is 398. The van der Waals surface area contributed by atoms with Crippen molar-refractivity contribution in [2.75, 3.05) is 0 Å². The summed E-state index contributed by atoms with van der Waals surface area (Å²) in [5.41, 5.74) is 4.39. The number of rotatable bonds is 1. The van der Waals surface area contributed by atoms with Gasteiger partial charge in [-0.25, -0.2) is 0 Å². The minimum Gasteiger partial charge on any atom is -0.0587 e. The van der Waals surface area contributed by atoms with Gasteiger partial charge in [0, 0.05) is 2.74 Å². The van der Waals surface area contributed by atoms with Gasteiger partial charge in [0.05, 0.1) is 0 Å². The first kappa shape index (κ1) is 6.83. The van der Waals surface area contributed by atoms with Crippen LogP contribution in [-0.2, 0) is 0 Å². The van der Waals surface area contributed by atoms with E-state index in [1.165, 1.54) is 0 Å². The maximum Gasteiger partial charge on any atom is 0.0280 e. The molecule has 0 aliphatic rings. The molecule has 0 nitrogen and oxygen atoms in total. The van der Waals surface area contributed by atoms with Crippen molar-refractivity contribution in [2.24, 2.45) is 0 Å². The quantitative estimate of drug-likeness (QED) is 0.629. The first-order chi connectivity index (χ1) is 7.83. The fourth-order valence-electron chi connectivity index (χ4n) is 1.39. The molecule has 2 aromatic carbocycles. The standard InChI is InChI=1S/C14H14/c1-11-3-7-13(8-4-11)14-9-5-12(2)6-10-14/h3-10H,1-2H3/i1D,2D. The third-order valence-electron chi connectivity index (χ3n) is 2.24. The average Bonchev–Trinajstić information content (AvgIpc) is 2.39. The molecule has 0 aliphatic carbocycles. The van der Waals surface area contributed by atoms with Gasteiger partial charge in [0.2, 0.25) is 0 Å². The molecule has 0 bridgehead atoms. The van der Waals surface area contributed by atoms with Crippen molar-refractivity contribution in [1.29, 1.82) is 0 Å². The molecule has 0 N–H and O–H groups in total. The second-order valence-electron chi connectivity index (χ2n) is 3.39. The topological polar surface area (TPSA) is 0 Å². The van der Waals surface area contributed by atoms with Crippen molar-refractivity contribution in [1.82, 2.24) is 0 Å². The van der Waals surface area contributed by atoms with Gasteiger partial charge in [-0.1, -0.05) is 59.7 Å². The summed E-state index contributed by atoms with van der Waals surface area (Å²) < 4.78 is 14.5. The Kier molecular flexibility index (Phi) is 1.79. The molecule has 0 atom stereocenters. The molecule has 0 fully saturated rings. The number of benzene rings is 2. The molecule has 2 rings (SSSR count). The molecule has 0 spiro atoms. The molecule has 0 aliphatic heterocycles. The molecule has 0 aromatic heterocycles. The molecular weight excluding hydrogens is 168 g/mol. The van der Waals surface area contributed by atoms with Gasteiger partial charge in [-0.15, -0.1) is 0 Å². The van der Waals surface area contributed by atoms with E-state index in [0.29, 0.717) is 13.8 Å². The highest BCUT2D eigenvalue weighted by atomic mass is 14.0. The van der Waals surface area contributed by atoms with Crippen LogP contribution in [0.2, 0.25) is 0 Å². The third kappa shape index (κ3) is 1.85. The lowest BCUT2D eigenvalue weighted by Gasteiger charge is -2.02. The van der Waals surface area contributed by atoms with Crippen LogP contribution in [-0.4, -0.2) is 0 Å². The third-order valence-corrected chi connectivity index (χ3v) is 2.24. The van der Waals surface area contributed by atoms with Crippen LogP contribution in [0.25, 0.3) is 11.1 Å². The van der Waals surface area contributed by atoms with Gasteiger partial charge >= 0.3 is 0 Å². The van der Waals surface area contributed by atoms with Crippen LogP contribution in [0.1, 0.15) is 13.9 Å². The Morgan fingerprint density at radius 3 is 1.29 bits per heavy atom. The van der Waals surface area contributed by atoms with E-state index in [1.54, 1.807) is 0 Å². The monoisotopic (exact) mass is 184 g/mol. The molecule has 70 valence electrons. The zero-order valence-corrected chi connectivity index (χ0v) is 8.03. The van der Waals surface area contributed by atoms with Gasteiger partial charge in [-0.2, -0.15) is 0 Å². The van der Waals surface area contributed by atoms with Crippen LogP contribution >= 0.6 is 0 Å². The molecule has 0 saturated heterocycles. The Hall–Kier alpha value is -1.56. The van der Waals surface area contributed by atoms with E-state index in [1.807, 2.05) is 48.5 Å². The predicted molar refractivity (Wildman–Crippen MR) is 61.4 cm³/mol. The van der Waals surface area contributed by atoms with Gasteiger partial charge in [-0.3, -0.25) is 0 Å². The van der Waals surface area contributed by atoms with Crippen molar-refractivity contribution in [2.45, 2.75) is 13.8 Å². The summed E-state index contributed by atoms with van der Waals surface area (Å²) in [5.74, 6) is 0. The molecular formula is C14H14. The maximum atomic E-state index is 7.25. The van der Waals surface area contributed by atoms with E-state index < -0.39 is 0 Å². The molecule has 2 aromatic rings. The largest absolute Gasteiger partial charge is 0.0587 e. The summed E-state index contributed by atoms with van der Waals surface area (Å²) in [7, 11) is 0. The van der Waals surface area contributed by atoms with Gasteiger partial charge in [0.1, 0.15) is 0 Å². The van der Waals surface area contributed by atoms with Crippen LogP contribution < -0.4 is 0 Å². The van der Waals surface area contributed by atoms with Crippen molar-refractivity contribution in [3.8, 4) is 11.1 Å². The second-order valence-corrected chi connectivity index (χ2v) is 3.39. The van der Waals surface area contributed by atoms with Crippen LogP contribution in [0, 0.1) is 13.8 Å². The normalized spacial score (nSPS) is 12.0. The second kappa shape index (κ2) is 3.67. The van der Waals surface area contributed by atoms with Crippen LogP contribution in [0.4, 0.5) is 0 Å². The van der Waals surface area contributed by atoms with Crippen LogP contribution in [0.3, 0.4) is 0 Å². The highest BCUT2D eigenvalue weighted by Gasteiger charge is 1.95. The van der Waals surface area contributed by atoms with Gasteiger partial charge in [0.15, 0.2) is 0 Å². The molecule has 0 heteroatoms. The molecule has 0 unspecified atom stereocenters. The zero-order valence-electron chi connectivity index (χ0n) is 10.0. The minimum absolute atomic E-state index is 0.331. The van der Waals surface area contributed by atoms with Gasteiger partial charge in [-0.05, 0) is 24.9 Å². The minimum atomic E-state index is 0.331. The van der Waals surface area contributed by atoms with Gasteiger partial charge in [0.25, 0.3) is 0 Å². The fraction of sp³-hybridized carbons (Fsp3) is 0.143. The van der Waals surface area contributed by atoms with Gasteiger partial charge < -0.3 is 0 Å². The van der Waals surface area contributed by atoms with E-state index in [-0.39, 0.29) is 0 Å². The Balaban J connectivity index is 2.28. The van der Waals surface area contributed by atoms with E-state index in [9.17, 15) is 0 Å². The summed E-state index contributed by atoms with van der Waals surface area (Å²) in [5, 5.41) is 0. The number of hydrogen-bond acceptors (Lipinski definition) is 0. The van der Waals surface area contributed by atoms with Crippen molar-refractivity contribution in [3.05, 3.63) is 59.7 Å². The Morgan fingerprint density at radius 2 is 1.00 bits per heavy atom. The van der Waals surface area contributed by atoms with E-state index in [0.717, 1.165) is 22.3 Å². The van der Waals surface area contributed by atoms with Crippen LogP contribution in [0.15, 0.2) is 48.5 Å². The SMILES string of the molecule is [2H]Cc1ccc(-c2ccc(C[2H])cc2)cc1. The summed E-state index contributed by atoms with van der Waals surface area (Å²) in [4.78, 5) is 0. The van der Waals surface area contributed by atoms with Crippen LogP contribution in [0.5, 0.6) is 0 Å². The number of aryl methyl sites for hydroxylation is 2. The maximum absolute atomic E-state index is 7.25. The van der Waals surface area contributed by atoms with E-state index in [2.05, 4.69) is 0 Å². The Morgan fingerprint density at radius 1 is 0.643 bits per heavy atom. The summed E-state index contributed by atoms with van der Waals surface area (Å²) >= 11 is 0. The highest BCUT2D eigenvalue weighted by Crippen LogP contribution is 2.19. The summed E-state index contributed by atoms with van der Waals surface area (Å²) in [6.45, 7) is 0.663. The highest BCUT2D eigenvalue weighted by molar-refractivity contribution is 5.63. The first-order valence-corrected chi connectivity index (χ1v) is 4.60.